The maximum Gasteiger partial charge on any atom is 0.261 e. The van der Waals surface area contributed by atoms with E-state index in [1.165, 1.54) is 29.6 Å². The first-order chi connectivity index (χ1) is 16.7. The molecule has 0 saturated carbocycles. The van der Waals surface area contributed by atoms with Crippen LogP contribution in [0.1, 0.15) is 86.0 Å². The van der Waals surface area contributed by atoms with E-state index in [1.54, 1.807) is 6.08 Å². The summed E-state index contributed by atoms with van der Waals surface area (Å²) in [7, 11) is -2.55. The predicted molar refractivity (Wildman–Crippen MR) is 151 cm³/mol. The average Bonchev–Trinajstić information content (AvgIpc) is 2.84. The molecule has 0 radical (unpaired) electrons. The van der Waals surface area contributed by atoms with E-state index in [2.05, 4.69) is 76.2 Å². The van der Waals surface area contributed by atoms with Gasteiger partial charge in [-0.1, -0.05) is 114 Å². The first-order valence-electron chi connectivity index (χ1n) is 13.4. The molecule has 0 saturated heterocycles. The standard InChI is InChI=1S/C31H46O3Si/c1-6-7-8-9-12-18-27(32)25-26(2)30(33)23-17-24-34-35(31(3,4)5,28-19-13-10-14-20-28)29-21-15-11-16-22-29/h10-11,13-16,19-22,25,30,33H,6-9,12,17-18,23-24H2,1-5H3. The molecule has 3 nitrogen and oxygen atoms in total. The number of ketones is 1. The lowest BCUT2D eigenvalue weighted by Crippen LogP contribution is -2.66. The van der Waals surface area contributed by atoms with Crippen LogP contribution in [-0.2, 0) is 9.22 Å². The summed E-state index contributed by atoms with van der Waals surface area (Å²) in [6, 6.07) is 21.2. The van der Waals surface area contributed by atoms with E-state index in [4.69, 9.17) is 4.43 Å². The van der Waals surface area contributed by atoms with E-state index in [0.29, 0.717) is 19.4 Å². The van der Waals surface area contributed by atoms with Crippen molar-refractivity contribution in [2.24, 2.45) is 0 Å². The summed E-state index contributed by atoms with van der Waals surface area (Å²) in [5.41, 5.74) is 0.758. The van der Waals surface area contributed by atoms with Gasteiger partial charge >= 0.3 is 0 Å². The van der Waals surface area contributed by atoms with Crippen molar-refractivity contribution in [2.45, 2.75) is 97.1 Å². The lowest BCUT2D eigenvalue weighted by molar-refractivity contribution is -0.114. The van der Waals surface area contributed by atoms with E-state index >= 15 is 0 Å². The van der Waals surface area contributed by atoms with Crippen LogP contribution in [0.4, 0.5) is 0 Å². The first-order valence-corrected chi connectivity index (χ1v) is 15.3. The van der Waals surface area contributed by atoms with Crippen LogP contribution in [0.5, 0.6) is 0 Å². The van der Waals surface area contributed by atoms with Gasteiger partial charge in [0.1, 0.15) is 0 Å². The molecule has 0 fully saturated rings. The molecule has 0 spiro atoms. The van der Waals surface area contributed by atoms with Gasteiger partial charge in [0.2, 0.25) is 0 Å². The Hall–Kier alpha value is -2.01. The lowest BCUT2D eigenvalue weighted by atomic mass is 10.0. The predicted octanol–water partition coefficient (Wildman–Crippen LogP) is 6.58. The Kier molecular flexibility index (Phi) is 12.1. The number of rotatable bonds is 15. The highest BCUT2D eigenvalue weighted by atomic mass is 28.4. The van der Waals surface area contributed by atoms with Gasteiger partial charge in [0.25, 0.3) is 8.32 Å². The molecule has 0 aliphatic carbocycles. The Morgan fingerprint density at radius 1 is 0.914 bits per heavy atom. The summed E-state index contributed by atoms with van der Waals surface area (Å²) in [4.78, 5) is 12.3. The molecule has 1 N–H and O–H groups in total. The molecule has 0 amide bonds. The van der Waals surface area contributed by atoms with Gasteiger partial charge < -0.3 is 9.53 Å². The van der Waals surface area contributed by atoms with E-state index in [-0.39, 0.29) is 10.8 Å². The third kappa shape index (κ3) is 8.55. The fraction of sp³-hybridized carbons (Fsp3) is 0.516. The number of aliphatic hydroxyl groups excluding tert-OH is 1. The largest absolute Gasteiger partial charge is 0.407 e. The normalized spacial score (nSPS) is 13.6. The Morgan fingerprint density at radius 2 is 1.46 bits per heavy atom. The minimum absolute atomic E-state index is 0.0618. The SMILES string of the molecule is CCCCCCCC(=O)C=C(C)C(O)CCCO[Si](c1ccccc1)(c1ccccc1)C(C)(C)C. The number of carbonyl (C=O) groups is 1. The van der Waals surface area contributed by atoms with Gasteiger partial charge in [-0.15, -0.1) is 0 Å². The van der Waals surface area contributed by atoms with Crippen LogP contribution in [0.15, 0.2) is 72.3 Å². The van der Waals surface area contributed by atoms with E-state index in [1.807, 2.05) is 19.1 Å². The van der Waals surface area contributed by atoms with Crippen molar-refractivity contribution in [2.75, 3.05) is 6.61 Å². The quantitative estimate of drug-likeness (QED) is 0.173. The molecule has 0 aliphatic rings. The summed E-state index contributed by atoms with van der Waals surface area (Å²) < 4.78 is 6.90. The van der Waals surface area contributed by atoms with Gasteiger partial charge in [-0.3, -0.25) is 4.79 Å². The monoisotopic (exact) mass is 494 g/mol. The van der Waals surface area contributed by atoms with E-state index in [0.717, 1.165) is 24.8 Å². The van der Waals surface area contributed by atoms with Crippen molar-refractivity contribution < 1.29 is 14.3 Å². The maximum atomic E-state index is 12.3. The average molecular weight is 495 g/mol. The van der Waals surface area contributed by atoms with Crippen molar-refractivity contribution in [3.05, 3.63) is 72.3 Å². The summed E-state index contributed by atoms with van der Waals surface area (Å²) in [6.45, 7) is 11.4. The van der Waals surface area contributed by atoms with Gasteiger partial charge in [-0.2, -0.15) is 0 Å². The van der Waals surface area contributed by atoms with Crippen molar-refractivity contribution in [3.8, 4) is 0 Å². The third-order valence-corrected chi connectivity index (χ3v) is 11.8. The fourth-order valence-electron chi connectivity index (χ4n) is 4.82. The van der Waals surface area contributed by atoms with Gasteiger partial charge in [0.15, 0.2) is 5.78 Å². The van der Waals surface area contributed by atoms with Crippen molar-refractivity contribution in [1.82, 2.24) is 0 Å². The van der Waals surface area contributed by atoms with Crippen LogP contribution < -0.4 is 10.4 Å². The van der Waals surface area contributed by atoms with Crippen LogP contribution in [0.25, 0.3) is 0 Å². The van der Waals surface area contributed by atoms with Gasteiger partial charge in [0.05, 0.1) is 6.10 Å². The first kappa shape index (κ1) is 29.2. The molecule has 1 unspecified atom stereocenters. The Morgan fingerprint density at radius 3 is 1.97 bits per heavy atom. The summed E-state index contributed by atoms with van der Waals surface area (Å²) in [5, 5.41) is 13.1. The molecule has 2 aromatic carbocycles. The number of aliphatic hydroxyl groups is 1. The molecule has 0 aliphatic heterocycles. The number of hydrogen-bond donors (Lipinski definition) is 1. The molecule has 192 valence electrons. The molecular weight excluding hydrogens is 448 g/mol. The van der Waals surface area contributed by atoms with E-state index < -0.39 is 14.4 Å². The highest BCUT2D eigenvalue weighted by Gasteiger charge is 2.49. The maximum absolute atomic E-state index is 12.3. The Labute approximate surface area is 214 Å². The zero-order valence-electron chi connectivity index (χ0n) is 22.6. The molecule has 0 bridgehead atoms. The van der Waals surface area contributed by atoms with Crippen molar-refractivity contribution >= 4 is 24.5 Å². The van der Waals surface area contributed by atoms with Crippen molar-refractivity contribution in [3.63, 3.8) is 0 Å². The zero-order valence-corrected chi connectivity index (χ0v) is 23.6. The minimum atomic E-state index is -2.55. The highest BCUT2D eigenvalue weighted by Crippen LogP contribution is 2.36. The Balaban J connectivity index is 2.02. The van der Waals surface area contributed by atoms with Gasteiger partial charge in [0, 0.05) is 13.0 Å². The van der Waals surface area contributed by atoms with Crippen LogP contribution in [0.3, 0.4) is 0 Å². The summed E-state index contributed by atoms with van der Waals surface area (Å²) in [6.07, 6.45) is 8.61. The summed E-state index contributed by atoms with van der Waals surface area (Å²) >= 11 is 0. The molecule has 0 aromatic heterocycles. The van der Waals surface area contributed by atoms with Crippen LogP contribution in [0, 0.1) is 0 Å². The number of carbonyl (C=O) groups excluding carboxylic acids is 1. The molecule has 2 rings (SSSR count). The smallest absolute Gasteiger partial charge is 0.261 e. The van der Waals surface area contributed by atoms with Crippen LogP contribution >= 0.6 is 0 Å². The highest BCUT2D eigenvalue weighted by molar-refractivity contribution is 6.99. The molecule has 4 heteroatoms. The second-order valence-corrected chi connectivity index (χ2v) is 15.0. The molecule has 0 heterocycles. The topological polar surface area (TPSA) is 46.5 Å². The second kappa shape index (κ2) is 14.5. The molecular formula is C31H46O3Si. The number of unbranched alkanes of at least 4 members (excludes halogenated alkanes) is 4. The molecule has 2 aromatic rings. The number of allylic oxidation sites excluding steroid dienone is 1. The zero-order chi connectivity index (χ0) is 25.7. The Bertz CT molecular complexity index is 860. The third-order valence-electron chi connectivity index (χ3n) is 6.80. The molecule has 1 atom stereocenters. The number of hydrogen-bond acceptors (Lipinski definition) is 3. The fourth-order valence-corrected chi connectivity index (χ4v) is 9.42. The van der Waals surface area contributed by atoms with Crippen LogP contribution in [-0.4, -0.2) is 31.9 Å². The van der Waals surface area contributed by atoms with Crippen molar-refractivity contribution in [1.29, 1.82) is 0 Å². The van der Waals surface area contributed by atoms with Gasteiger partial charge in [-0.05, 0) is 53.2 Å². The number of benzene rings is 2. The van der Waals surface area contributed by atoms with Gasteiger partial charge in [-0.25, -0.2) is 0 Å². The minimum Gasteiger partial charge on any atom is -0.407 e. The second-order valence-electron chi connectivity index (χ2n) is 10.7. The van der Waals surface area contributed by atoms with Crippen LogP contribution in [0.2, 0.25) is 5.04 Å². The summed E-state index contributed by atoms with van der Waals surface area (Å²) in [5.74, 6) is 0.126. The molecule has 35 heavy (non-hydrogen) atoms. The lowest BCUT2D eigenvalue weighted by Gasteiger charge is -2.43. The van der Waals surface area contributed by atoms with E-state index in [9.17, 15) is 9.90 Å².